The quantitative estimate of drug-likeness (QED) is 0.516. The second-order valence-electron chi connectivity index (χ2n) is 3.87. The maximum Gasteiger partial charge on any atom is 0.246 e. The molecule has 1 saturated heterocycles. The lowest BCUT2D eigenvalue weighted by atomic mass is 9.80. The topological polar surface area (TPSA) is 58.2 Å². The summed E-state index contributed by atoms with van der Waals surface area (Å²) in [7, 11) is 0. The van der Waals surface area contributed by atoms with E-state index in [0.717, 1.165) is 25.7 Å². The van der Waals surface area contributed by atoms with E-state index < -0.39 is 5.54 Å². The number of imide groups is 1. The van der Waals surface area contributed by atoms with Gasteiger partial charge in [-0.2, -0.15) is 0 Å². The van der Waals surface area contributed by atoms with Crippen LogP contribution >= 0.6 is 0 Å². The van der Waals surface area contributed by atoms with Crippen LogP contribution in [-0.2, 0) is 9.59 Å². The van der Waals surface area contributed by atoms with Crippen LogP contribution in [0.5, 0.6) is 0 Å². The molecule has 13 heavy (non-hydrogen) atoms. The molecule has 1 saturated carbocycles. The molecule has 1 aliphatic carbocycles. The molecule has 0 radical (unpaired) electrons. The maximum atomic E-state index is 11.6. The molecule has 4 nitrogen and oxygen atoms in total. The summed E-state index contributed by atoms with van der Waals surface area (Å²) in [6, 6.07) is 0. The highest BCUT2D eigenvalue weighted by Crippen LogP contribution is 2.29. The van der Waals surface area contributed by atoms with Crippen LogP contribution in [0.25, 0.3) is 0 Å². The number of rotatable bonds is 0. The van der Waals surface area contributed by atoms with E-state index in [1.54, 1.807) is 0 Å². The molecule has 0 bridgehead atoms. The summed E-state index contributed by atoms with van der Waals surface area (Å²) in [6.45, 7) is 0.283. The molecule has 2 amide bonds. The van der Waals surface area contributed by atoms with Crippen molar-refractivity contribution >= 4 is 11.8 Å². The fraction of sp³-hybridized carbons (Fsp3) is 0.778. The van der Waals surface area contributed by atoms with Crippen molar-refractivity contribution in [3.8, 4) is 0 Å². The van der Waals surface area contributed by atoms with E-state index in [9.17, 15) is 9.59 Å². The molecule has 2 rings (SSSR count). The van der Waals surface area contributed by atoms with Gasteiger partial charge in [-0.25, -0.2) is 0 Å². The Morgan fingerprint density at radius 3 is 2.38 bits per heavy atom. The number of nitrogens with one attached hydrogen (secondary N) is 2. The first-order chi connectivity index (χ1) is 6.23. The number of carbonyl (C=O) groups excluding carboxylic acids is 2. The Morgan fingerprint density at radius 1 is 1.08 bits per heavy atom. The van der Waals surface area contributed by atoms with Crippen LogP contribution < -0.4 is 10.6 Å². The van der Waals surface area contributed by atoms with Crippen LogP contribution in [0.1, 0.15) is 32.1 Å². The smallest absolute Gasteiger partial charge is 0.246 e. The van der Waals surface area contributed by atoms with E-state index in [2.05, 4.69) is 10.6 Å². The second kappa shape index (κ2) is 3.10. The first kappa shape index (κ1) is 8.69. The monoisotopic (exact) mass is 182 g/mol. The Labute approximate surface area is 77.1 Å². The normalized spacial score (nSPS) is 27.4. The van der Waals surface area contributed by atoms with Crippen molar-refractivity contribution in [2.45, 2.75) is 37.6 Å². The summed E-state index contributed by atoms with van der Waals surface area (Å²) < 4.78 is 0. The molecule has 0 aromatic carbocycles. The van der Waals surface area contributed by atoms with Gasteiger partial charge in [0, 0.05) is 0 Å². The Hall–Kier alpha value is -0.900. The molecule has 2 fully saturated rings. The molecule has 0 aromatic heterocycles. The predicted octanol–water partition coefficient (Wildman–Crippen LogP) is -0.0647. The zero-order chi connectivity index (χ0) is 9.31. The fourth-order valence-corrected chi connectivity index (χ4v) is 2.18. The van der Waals surface area contributed by atoms with Gasteiger partial charge < -0.3 is 0 Å². The van der Waals surface area contributed by atoms with Crippen molar-refractivity contribution in [2.24, 2.45) is 0 Å². The fourth-order valence-electron chi connectivity index (χ4n) is 2.18. The molecule has 72 valence electrons. The van der Waals surface area contributed by atoms with Crippen LogP contribution in [-0.4, -0.2) is 23.9 Å². The van der Waals surface area contributed by atoms with E-state index in [-0.39, 0.29) is 18.4 Å². The highest BCUT2D eigenvalue weighted by molar-refractivity contribution is 6.03. The zero-order valence-corrected chi connectivity index (χ0v) is 7.56. The number of piperazine rings is 1. The summed E-state index contributed by atoms with van der Waals surface area (Å²) in [4.78, 5) is 22.5. The van der Waals surface area contributed by atoms with Crippen molar-refractivity contribution in [2.75, 3.05) is 6.54 Å². The lowest BCUT2D eigenvalue weighted by molar-refractivity contribution is -0.139. The van der Waals surface area contributed by atoms with Crippen LogP contribution in [0.3, 0.4) is 0 Å². The van der Waals surface area contributed by atoms with Gasteiger partial charge >= 0.3 is 0 Å². The van der Waals surface area contributed by atoms with Gasteiger partial charge in [-0.05, 0) is 12.8 Å². The molecule has 2 aliphatic rings. The SMILES string of the molecule is O=C1CNC2(CCCCC2)C(=O)N1. The van der Waals surface area contributed by atoms with Crippen LogP contribution in [0.4, 0.5) is 0 Å². The summed E-state index contributed by atoms with van der Waals surface area (Å²) in [6.07, 6.45) is 5.09. The van der Waals surface area contributed by atoms with Gasteiger partial charge in [0.2, 0.25) is 11.8 Å². The van der Waals surface area contributed by atoms with Crippen molar-refractivity contribution < 1.29 is 9.59 Å². The minimum atomic E-state index is -0.424. The van der Waals surface area contributed by atoms with E-state index in [1.807, 2.05) is 0 Å². The van der Waals surface area contributed by atoms with Gasteiger partial charge in [-0.1, -0.05) is 19.3 Å². The average Bonchev–Trinajstić information content (AvgIpc) is 2.14. The molecule has 1 heterocycles. The first-order valence-electron chi connectivity index (χ1n) is 4.82. The number of hydrogen-bond donors (Lipinski definition) is 2. The van der Waals surface area contributed by atoms with Crippen LogP contribution in [0, 0.1) is 0 Å². The molecular formula is C9H14N2O2. The van der Waals surface area contributed by atoms with Crippen molar-refractivity contribution in [1.82, 2.24) is 10.6 Å². The van der Waals surface area contributed by atoms with Crippen LogP contribution in [0.15, 0.2) is 0 Å². The zero-order valence-electron chi connectivity index (χ0n) is 7.56. The molecule has 0 aromatic rings. The lowest BCUT2D eigenvalue weighted by Crippen LogP contribution is -2.65. The Morgan fingerprint density at radius 2 is 1.77 bits per heavy atom. The standard InChI is InChI=1S/C9H14N2O2/c12-7-6-10-9(8(13)11-7)4-2-1-3-5-9/h10H,1-6H2,(H,11,12,13). The molecule has 2 N–H and O–H groups in total. The van der Waals surface area contributed by atoms with Crippen LogP contribution in [0.2, 0.25) is 0 Å². The summed E-state index contributed by atoms with van der Waals surface area (Å²) in [5.74, 6) is -0.329. The summed E-state index contributed by atoms with van der Waals surface area (Å²) in [5, 5.41) is 5.47. The maximum absolute atomic E-state index is 11.6. The van der Waals surface area contributed by atoms with Gasteiger partial charge in [-0.15, -0.1) is 0 Å². The van der Waals surface area contributed by atoms with E-state index in [4.69, 9.17) is 0 Å². The van der Waals surface area contributed by atoms with E-state index in [0.29, 0.717) is 0 Å². The third kappa shape index (κ3) is 1.46. The Bertz CT molecular complexity index is 244. The Kier molecular flexibility index (Phi) is 2.07. The van der Waals surface area contributed by atoms with Gasteiger partial charge in [0.15, 0.2) is 0 Å². The van der Waals surface area contributed by atoms with E-state index in [1.165, 1.54) is 6.42 Å². The summed E-state index contributed by atoms with van der Waals surface area (Å²) in [5.41, 5.74) is -0.424. The third-order valence-electron chi connectivity index (χ3n) is 2.98. The van der Waals surface area contributed by atoms with Gasteiger partial charge in [0.25, 0.3) is 0 Å². The number of hydrogen-bond acceptors (Lipinski definition) is 3. The molecule has 1 aliphatic heterocycles. The molecular weight excluding hydrogens is 168 g/mol. The van der Waals surface area contributed by atoms with Crippen molar-refractivity contribution in [3.63, 3.8) is 0 Å². The van der Waals surface area contributed by atoms with E-state index >= 15 is 0 Å². The lowest BCUT2D eigenvalue weighted by Gasteiger charge is -2.39. The predicted molar refractivity (Wildman–Crippen MR) is 47.0 cm³/mol. The number of amides is 2. The van der Waals surface area contributed by atoms with Gasteiger partial charge in [0.05, 0.1) is 12.1 Å². The second-order valence-corrected chi connectivity index (χ2v) is 3.87. The highest BCUT2D eigenvalue weighted by Gasteiger charge is 2.42. The number of carbonyl (C=O) groups is 2. The molecule has 0 atom stereocenters. The van der Waals surface area contributed by atoms with Gasteiger partial charge in [0.1, 0.15) is 0 Å². The Balaban J connectivity index is 2.12. The average molecular weight is 182 g/mol. The first-order valence-corrected chi connectivity index (χ1v) is 4.82. The third-order valence-corrected chi connectivity index (χ3v) is 2.98. The highest BCUT2D eigenvalue weighted by atomic mass is 16.2. The van der Waals surface area contributed by atoms with Crippen molar-refractivity contribution in [1.29, 1.82) is 0 Å². The summed E-state index contributed by atoms with van der Waals surface area (Å²) >= 11 is 0. The van der Waals surface area contributed by atoms with Gasteiger partial charge in [-0.3, -0.25) is 20.2 Å². The molecule has 0 unspecified atom stereocenters. The van der Waals surface area contributed by atoms with Crippen molar-refractivity contribution in [3.05, 3.63) is 0 Å². The largest absolute Gasteiger partial charge is 0.295 e. The molecule has 1 spiro atoms. The molecule has 4 heteroatoms. The minimum absolute atomic E-state index is 0.122. The minimum Gasteiger partial charge on any atom is -0.295 e.